The molecule has 0 spiro atoms. The van der Waals surface area contributed by atoms with E-state index < -0.39 is 12.4 Å². The molecule has 0 aliphatic carbocycles. The summed E-state index contributed by atoms with van der Waals surface area (Å²) in [7, 11) is 0. The predicted molar refractivity (Wildman–Crippen MR) is 130 cm³/mol. The highest BCUT2D eigenvalue weighted by Gasteiger charge is 2.31. The lowest BCUT2D eigenvalue weighted by Crippen LogP contribution is -2.24. The van der Waals surface area contributed by atoms with Gasteiger partial charge in [0.1, 0.15) is 12.1 Å². The van der Waals surface area contributed by atoms with Gasteiger partial charge in [-0.3, -0.25) is 0 Å². The molecule has 0 atom stereocenters. The van der Waals surface area contributed by atoms with Gasteiger partial charge in [0, 0.05) is 5.56 Å². The van der Waals surface area contributed by atoms with Crippen molar-refractivity contribution < 1.29 is 22.7 Å². The molecule has 1 aromatic heterocycles. The van der Waals surface area contributed by atoms with Crippen LogP contribution in [0.15, 0.2) is 78.2 Å². The maximum atomic E-state index is 12.3. The fourth-order valence-corrected chi connectivity index (χ4v) is 3.45. The smallest absolute Gasteiger partial charge is 0.406 e. The molecule has 0 aliphatic heterocycles. The number of hydrogen-bond donors (Lipinski definition) is 2. The summed E-state index contributed by atoms with van der Waals surface area (Å²) in [5.74, 6) is 0.0757. The molecule has 0 saturated carbocycles. The van der Waals surface area contributed by atoms with E-state index in [1.165, 1.54) is 41.5 Å². The zero-order valence-electron chi connectivity index (χ0n) is 18.0. The summed E-state index contributed by atoms with van der Waals surface area (Å²) >= 11 is 12.0. The third kappa shape index (κ3) is 6.52. The van der Waals surface area contributed by atoms with Crippen molar-refractivity contribution in [3.8, 4) is 22.8 Å². The first-order valence-electron chi connectivity index (χ1n) is 10.1. The Kier molecular flexibility index (Phi) is 7.41. The van der Waals surface area contributed by atoms with E-state index in [-0.39, 0.29) is 11.4 Å². The number of anilines is 1. The van der Waals surface area contributed by atoms with Gasteiger partial charge in [-0.1, -0.05) is 53.5 Å². The minimum atomic E-state index is -4.76. The number of ether oxygens (including phenoxy) is 1. The van der Waals surface area contributed by atoms with Crippen LogP contribution in [0.3, 0.4) is 0 Å². The molecule has 36 heavy (non-hydrogen) atoms. The molecular formula is C23H15Cl2F3N6O2. The topological polar surface area (TPSA) is 93.4 Å². The number of alkyl halides is 3. The summed E-state index contributed by atoms with van der Waals surface area (Å²) in [4.78, 5) is 16.3. The Bertz CT molecular complexity index is 1370. The summed E-state index contributed by atoms with van der Waals surface area (Å²) < 4.78 is 42.2. The molecule has 3 aromatic carbocycles. The summed E-state index contributed by atoms with van der Waals surface area (Å²) in [5, 5.41) is 11.3. The lowest BCUT2D eigenvalue weighted by atomic mass is 10.1. The van der Waals surface area contributed by atoms with E-state index in [0.29, 0.717) is 32.7 Å². The Morgan fingerprint density at radius 1 is 1.00 bits per heavy atom. The number of benzene rings is 3. The fourth-order valence-electron chi connectivity index (χ4n) is 2.96. The van der Waals surface area contributed by atoms with Crippen LogP contribution in [-0.2, 0) is 0 Å². The van der Waals surface area contributed by atoms with Crippen molar-refractivity contribution in [1.82, 2.24) is 20.2 Å². The van der Waals surface area contributed by atoms with Gasteiger partial charge >= 0.3 is 12.4 Å². The number of amides is 2. The molecule has 2 amide bonds. The number of rotatable bonds is 6. The van der Waals surface area contributed by atoms with Gasteiger partial charge in [-0.05, 0) is 42.0 Å². The average Bonchev–Trinajstić information content (AvgIpc) is 3.32. The number of carbonyl (C=O) groups excluding carboxylic acids is 1. The molecule has 0 aliphatic rings. The lowest BCUT2D eigenvalue weighted by Gasteiger charge is -2.09. The van der Waals surface area contributed by atoms with Crippen molar-refractivity contribution >= 4 is 41.1 Å². The SMILES string of the molecule is O=C(NN=Cc1ccc(-c2ncn(-c3ccc(OC(F)(F)F)cc3)n2)cc1)Nc1c(Cl)cccc1Cl. The van der Waals surface area contributed by atoms with Crippen LogP contribution in [0, 0.1) is 0 Å². The van der Waals surface area contributed by atoms with E-state index in [2.05, 4.69) is 30.7 Å². The number of nitrogens with zero attached hydrogens (tertiary/aromatic N) is 4. The Hall–Kier alpha value is -4.09. The number of halogens is 5. The third-order valence-corrected chi connectivity index (χ3v) is 5.21. The number of hydrogen-bond acceptors (Lipinski definition) is 5. The summed E-state index contributed by atoms with van der Waals surface area (Å²) in [6.45, 7) is 0. The molecule has 4 aromatic rings. The molecule has 2 N–H and O–H groups in total. The van der Waals surface area contributed by atoms with E-state index >= 15 is 0 Å². The maximum absolute atomic E-state index is 12.3. The normalized spacial score (nSPS) is 11.5. The second-order valence-corrected chi connectivity index (χ2v) is 7.91. The monoisotopic (exact) mass is 534 g/mol. The highest BCUT2D eigenvalue weighted by atomic mass is 35.5. The molecule has 13 heteroatoms. The quantitative estimate of drug-likeness (QED) is 0.224. The summed E-state index contributed by atoms with van der Waals surface area (Å²) in [6, 6.07) is 16.5. The van der Waals surface area contributed by atoms with Crippen LogP contribution < -0.4 is 15.5 Å². The number of hydrazone groups is 1. The van der Waals surface area contributed by atoms with Crippen molar-refractivity contribution in [3.63, 3.8) is 0 Å². The molecule has 0 radical (unpaired) electrons. The van der Waals surface area contributed by atoms with E-state index in [1.807, 2.05) is 0 Å². The van der Waals surface area contributed by atoms with Crippen LogP contribution in [0.4, 0.5) is 23.7 Å². The number of nitrogens with one attached hydrogen (secondary N) is 2. The molecule has 4 rings (SSSR count). The first-order valence-corrected chi connectivity index (χ1v) is 10.9. The fraction of sp³-hybridized carbons (Fsp3) is 0.0435. The number of para-hydroxylation sites is 1. The van der Waals surface area contributed by atoms with E-state index in [9.17, 15) is 18.0 Å². The molecule has 0 fully saturated rings. The van der Waals surface area contributed by atoms with E-state index in [0.717, 1.165) is 0 Å². The lowest BCUT2D eigenvalue weighted by molar-refractivity contribution is -0.274. The summed E-state index contributed by atoms with van der Waals surface area (Å²) in [6.07, 6.45) is -1.88. The molecule has 0 bridgehead atoms. The zero-order valence-corrected chi connectivity index (χ0v) is 19.5. The highest BCUT2D eigenvalue weighted by molar-refractivity contribution is 6.39. The van der Waals surface area contributed by atoms with Gasteiger partial charge in [0.05, 0.1) is 27.6 Å². The van der Waals surface area contributed by atoms with E-state index in [1.54, 1.807) is 42.5 Å². The second kappa shape index (κ2) is 10.7. The highest BCUT2D eigenvalue weighted by Crippen LogP contribution is 2.29. The molecule has 184 valence electrons. The van der Waals surface area contributed by atoms with Crippen LogP contribution in [0.5, 0.6) is 5.75 Å². The Balaban J connectivity index is 1.36. The van der Waals surface area contributed by atoms with Crippen LogP contribution in [0.1, 0.15) is 5.56 Å². The van der Waals surface area contributed by atoms with E-state index in [4.69, 9.17) is 23.2 Å². The second-order valence-electron chi connectivity index (χ2n) is 7.10. The molecular weight excluding hydrogens is 520 g/mol. The van der Waals surface area contributed by atoms with Crippen LogP contribution in [0.25, 0.3) is 17.1 Å². The Labute approximate surface area is 212 Å². The largest absolute Gasteiger partial charge is 0.573 e. The zero-order chi connectivity index (χ0) is 25.7. The first kappa shape index (κ1) is 25.0. The van der Waals surface area contributed by atoms with Gasteiger partial charge in [-0.15, -0.1) is 18.3 Å². The van der Waals surface area contributed by atoms with Gasteiger partial charge in [0.2, 0.25) is 0 Å². The number of carbonyl (C=O) groups is 1. The van der Waals surface area contributed by atoms with Crippen molar-refractivity contribution in [1.29, 1.82) is 0 Å². The van der Waals surface area contributed by atoms with Crippen molar-refractivity contribution in [2.45, 2.75) is 6.36 Å². The molecule has 0 saturated heterocycles. The van der Waals surface area contributed by atoms with Crippen molar-refractivity contribution in [2.75, 3.05) is 5.32 Å². The van der Waals surface area contributed by atoms with Gasteiger partial charge in [0.15, 0.2) is 5.82 Å². The van der Waals surface area contributed by atoms with Crippen LogP contribution in [0.2, 0.25) is 10.0 Å². The van der Waals surface area contributed by atoms with Crippen molar-refractivity contribution in [3.05, 3.63) is 88.7 Å². The van der Waals surface area contributed by atoms with Gasteiger partial charge in [-0.2, -0.15) is 5.10 Å². The standard InChI is InChI=1S/C23H15Cl2F3N6O2/c24-18-2-1-3-19(25)20(18)31-22(35)32-30-12-14-4-6-15(7-5-14)21-29-13-34(33-21)16-8-10-17(11-9-16)36-23(26,27)28/h1-13H,(H2,31,32,35). The summed E-state index contributed by atoms with van der Waals surface area (Å²) in [5.41, 5.74) is 4.49. The van der Waals surface area contributed by atoms with Gasteiger partial charge < -0.3 is 10.1 Å². The third-order valence-electron chi connectivity index (χ3n) is 4.58. The Morgan fingerprint density at radius 3 is 2.31 bits per heavy atom. The Morgan fingerprint density at radius 2 is 1.67 bits per heavy atom. The predicted octanol–water partition coefficient (Wildman–Crippen LogP) is 6.30. The van der Waals surface area contributed by atoms with Crippen molar-refractivity contribution in [2.24, 2.45) is 5.10 Å². The molecule has 1 heterocycles. The minimum absolute atomic E-state index is 0.274. The maximum Gasteiger partial charge on any atom is 0.573 e. The van der Waals surface area contributed by atoms with Gasteiger partial charge in [0.25, 0.3) is 0 Å². The van der Waals surface area contributed by atoms with Crippen LogP contribution in [-0.4, -0.2) is 33.4 Å². The van der Waals surface area contributed by atoms with Crippen LogP contribution >= 0.6 is 23.2 Å². The van der Waals surface area contributed by atoms with Gasteiger partial charge in [-0.25, -0.2) is 19.9 Å². The first-order chi connectivity index (χ1) is 17.2. The number of aromatic nitrogens is 3. The number of urea groups is 1. The molecule has 8 nitrogen and oxygen atoms in total. The minimum Gasteiger partial charge on any atom is -0.406 e. The average molecular weight is 535 g/mol. The molecule has 0 unspecified atom stereocenters.